The van der Waals surface area contributed by atoms with Gasteiger partial charge in [-0.3, -0.25) is 14.3 Å². The Morgan fingerprint density at radius 2 is 1.70 bits per heavy atom. The van der Waals surface area contributed by atoms with Crippen molar-refractivity contribution >= 4 is 39.3 Å². The summed E-state index contributed by atoms with van der Waals surface area (Å²) in [7, 11) is -3.33. The Morgan fingerprint density at radius 1 is 1.03 bits per heavy atom. The van der Waals surface area contributed by atoms with Crippen molar-refractivity contribution in [2.45, 2.75) is 19.8 Å². The van der Waals surface area contributed by atoms with E-state index in [1.165, 1.54) is 6.08 Å². The second-order valence-corrected chi connectivity index (χ2v) is 9.04. The van der Waals surface area contributed by atoms with E-state index >= 15 is 0 Å². The highest BCUT2D eigenvalue weighted by Crippen LogP contribution is 2.22. The van der Waals surface area contributed by atoms with Gasteiger partial charge >= 0.3 is 0 Å². The predicted octanol–water partition coefficient (Wildman–Crippen LogP) is 3.25. The maximum atomic E-state index is 12.7. The third-order valence-electron chi connectivity index (χ3n) is 4.86. The van der Waals surface area contributed by atoms with E-state index in [2.05, 4.69) is 10.0 Å². The van der Waals surface area contributed by atoms with Crippen LogP contribution in [0.2, 0.25) is 0 Å². The van der Waals surface area contributed by atoms with Gasteiger partial charge in [0.15, 0.2) is 0 Å². The van der Waals surface area contributed by atoms with Crippen LogP contribution in [-0.2, 0) is 14.8 Å². The van der Waals surface area contributed by atoms with Crippen molar-refractivity contribution in [1.82, 2.24) is 4.90 Å². The topological polar surface area (TPSA) is 95.6 Å². The highest BCUT2D eigenvalue weighted by Gasteiger charge is 2.21. The summed E-state index contributed by atoms with van der Waals surface area (Å²) in [6.45, 7) is 3.38. The van der Waals surface area contributed by atoms with Crippen molar-refractivity contribution in [3.63, 3.8) is 0 Å². The summed E-state index contributed by atoms with van der Waals surface area (Å²) in [6.07, 6.45) is 6.16. The number of benzene rings is 2. The van der Waals surface area contributed by atoms with E-state index < -0.39 is 10.0 Å². The molecule has 2 amide bonds. The third-order valence-corrected chi connectivity index (χ3v) is 5.46. The second kappa shape index (κ2) is 9.13. The van der Waals surface area contributed by atoms with Gasteiger partial charge in [0.2, 0.25) is 15.9 Å². The number of rotatable bonds is 6. The lowest BCUT2D eigenvalue weighted by Gasteiger charge is -2.18. The molecule has 8 heteroatoms. The maximum Gasteiger partial charge on any atom is 0.254 e. The van der Waals surface area contributed by atoms with Gasteiger partial charge in [0.05, 0.1) is 6.26 Å². The van der Waals surface area contributed by atoms with Crippen LogP contribution >= 0.6 is 0 Å². The van der Waals surface area contributed by atoms with Crippen LogP contribution in [0.3, 0.4) is 0 Å². The largest absolute Gasteiger partial charge is 0.339 e. The van der Waals surface area contributed by atoms with Gasteiger partial charge in [-0.05, 0) is 61.2 Å². The summed E-state index contributed by atoms with van der Waals surface area (Å²) in [5, 5.41) is 2.82. The number of carbonyl (C=O) groups is 2. The van der Waals surface area contributed by atoms with Gasteiger partial charge in [-0.25, -0.2) is 8.42 Å². The number of carbonyl (C=O) groups excluding carboxylic acids is 2. The van der Waals surface area contributed by atoms with Gasteiger partial charge in [0.25, 0.3) is 5.91 Å². The molecule has 2 N–H and O–H groups in total. The zero-order chi connectivity index (χ0) is 21.7. The molecule has 0 spiro atoms. The molecule has 0 atom stereocenters. The third kappa shape index (κ3) is 5.70. The van der Waals surface area contributed by atoms with Crippen molar-refractivity contribution in [2.75, 3.05) is 29.4 Å². The van der Waals surface area contributed by atoms with Crippen LogP contribution in [0.4, 0.5) is 11.4 Å². The number of anilines is 2. The number of hydrogen-bond acceptors (Lipinski definition) is 4. The van der Waals surface area contributed by atoms with Crippen LogP contribution in [0.5, 0.6) is 0 Å². The lowest BCUT2D eigenvalue weighted by molar-refractivity contribution is -0.111. The molecule has 0 radical (unpaired) electrons. The number of likely N-dealkylation sites (tertiary alicyclic amines) is 1. The van der Waals surface area contributed by atoms with Gasteiger partial charge in [-0.2, -0.15) is 0 Å². The summed E-state index contributed by atoms with van der Waals surface area (Å²) in [5.41, 5.74) is 3.15. The van der Waals surface area contributed by atoms with Crippen LogP contribution in [0.15, 0.2) is 48.5 Å². The molecule has 1 saturated heterocycles. The van der Waals surface area contributed by atoms with E-state index in [9.17, 15) is 18.0 Å². The fourth-order valence-corrected chi connectivity index (χ4v) is 3.88. The average molecular weight is 428 g/mol. The molecular formula is C22H25N3O4S. The van der Waals surface area contributed by atoms with Crippen LogP contribution < -0.4 is 10.0 Å². The summed E-state index contributed by atoms with van der Waals surface area (Å²) in [6, 6.07) is 12.0. The molecule has 1 heterocycles. The highest BCUT2D eigenvalue weighted by molar-refractivity contribution is 7.92. The molecule has 2 aromatic carbocycles. The normalized spacial score (nSPS) is 14.1. The Bertz CT molecular complexity index is 1070. The zero-order valence-electron chi connectivity index (χ0n) is 17.0. The maximum absolute atomic E-state index is 12.7. The molecule has 3 rings (SSSR count). The van der Waals surface area contributed by atoms with Crippen molar-refractivity contribution in [3.8, 4) is 0 Å². The summed E-state index contributed by atoms with van der Waals surface area (Å²) in [4.78, 5) is 26.9. The Morgan fingerprint density at radius 3 is 2.33 bits per heavy atom. The molecule has 1 aliphatic rings. The first-order valence-corrected chi connectivity index (χ1v) is 11.6. The molecule has 0 aliphatic carbocycles. The van der Waals surface area contributed by atoms with Crippen LogP contribution in [0.25, 0.3) is 6.08 Å². The Labute approximate surface area is 176 Å². The highest BCUT2D eigenvalue weighted by atomic mass is 32.2. The molecule has 0 saturated carbocycles. The molecule has 1 fully saturated rings. The fourth-order valence-electron chi connectivity index (χ4n) is 3.32. The molecular weight excluding hydrogens is 402 g/mol. The van der Waals surface area contributed by atoms with Crippen LogP contribution in [-0.4, -0.2) is 44.5 Å². The number of hydrogen-bond donors (Lipinski definition) is 2. The number of amides is 2. The first kappa shape index (κ1) is 21.6. The van der Waals surface area contributed by atoms with E-state index in [1.54, 1.807) is 48.5 Å². The standard InChI is InChI=1S/C22H25N3O4S/c1-16-19(22(27)25-14-3-4-15-25)6-5-7-20(16)23-21(26)13-10-17-8-11-18(12-9-17)24-30(2,28)29/h5-13,24H,3-4,14-15H2,1-2H3,(H,23,26)/b13-10+. The van der Waals surface area contributed by atoms with Gasteiger partial charge < -0.3 is 10.2 Å². The molecule has 30 heavy (non-hydrogen) atoms. The number of nitrogens with one attached hydrogen (secondary N) is 2. The van der Waals surface area contributed by atoms with E-state index in [1.807, 2.05) is 11.8 Å². The molecule has 0 aromatic heterocycles. The first-order chi connectivity index (χ1) is 14.2. The van der Waals surface area contributed by atoms with Crippen molar-refractivity contribution in [3.05, 3.63) is 65.2 Å². The van der Waals surface area contributed by atoms with Crippen LogP contribution in [0, 0.1) is 6.92 Å². The molecule has 2 aromatic rings. The van der Waals surface area contributed by atoms with Gasteiger partial charge in [-0.15, -0.1) is 0 Å². The van der Waals surface area contributed by atoms with E-state index in [4.69, 9.17) is 0 Å². The Kier molecular flexibility index (Phi) is 6.56. The van der Waals surface area contributed by atoms with Crippen molar-refractivity contribution < 1.29 is 18.0 Å². The van der Waals surface area contributed by atoms with E-state index in [-0.39, 0.29) is 11.8 Å². The average Bonchev–Trinajstić information content (AvgIpc) is 3.22. The quantitative estimate of drug-likeness (QED) is 0.692. The van der Waals surface area contributed by atoms with Gasteiger partial charge in [0.1, 0.15) is 0 Å². The minimum absolute atomic E-state index is 0.000524. The zero-order valence-corrected chi connectivity index (χ0v) is 17.8. The smallest absolute Gasteiger partial charge is 0.254 e. The summed E-state index contributed by atoms with van der Waals surface area (Å²) in [5.74, 6) is -0.318. The second-order valence-electron chi connectivity index (χ2n) is 7.30. The predicted molar refractivity (Wildman–Crippen MR) is 119 cm³/mol. The Balaban J connectivity index is 1.66. The van der Waals surface area contributed by atoms with Crippen molar-refractivity contribution in [1.29, 1.82) is 0 Å². The summed E-state index contributed by atoms with van der Waals surface area (Å²) < 4.78 is 24.9. The SMILES string of the molecule is Cc1c(NC(=O)/C=C/c2ccc(NS(C)(=O)=O)cc2)cccc1C(=O)N1CCCC1. The van der Waals surface area contributed by atoms with Gasteiger partial charge in [-0.1, -0.05) is 18.2 Å². The molecule has 0 bridgehead atoms. The van der Waals surface area contributed by atoms with E-state index in [0.717, 1.165) is 43.3 Å². The number of nitrogens with zero attached hydrogens (tertiary/aromatic N) is 1. The first-order valence-electron chi connectivity index (χ1n) is 9.69. The monoisotopic (exact) mass is 427 g/mol. The van der Waals surface area contributed by atoms with Crippen molar-refractivity contribution in [2.24, 2.45) is 0 Å². The number of sulfonamides is 1. The van der Waals surface area contributed by atoms with Gasteiger partial charge in [0, 0.05) is 36.1 Å². The molecule has 158 valence electrons. The van der Waals surface area contributed by atoms with Crippen LogP contribution in [0.1, 0.15) is 34.3 Å². The fraction of sp³-hybridized carbons (Fsp3) is 0.273. The minimum atomic E-state index is -3.33. The van der Waals surface area contributed by atoms with E-state index in [0.29, 0.717) is 16.9 Å². The summed E-state index contributed by atoms with van der Waals surface area (Å²) >= 11 is 0. The Hall–Kier alpha value is -3.13. The molecule has 0 unspecified atom stereocenters. The minimum Gasteiger partial charge on any atom is -0.339 e. The molecule has 7 nitrogen and oxygen atoms in total. The molecule has 1 aliphatic heterocycles. The lowest BCUT2D eigenvalue weighted by Crippen LogP contribution is -2.28. The lowest BCUT2D eigenvalue weighted by atomic mass is 10.1.